The number of rotatable bonds is 5. The van der Waals surface area contributed by atoms with Gasteiger partial charge in [-0.15, -0.1) is 0 Å². The number of halogens is 5. The molecule has 0 radical (unpaired) electrons. The second-order valence-electron chi connectivity index (χ2n) is 5.61. The Labute approximate surface area is 151 Å². The lowest BCUT2D eigenvalue weighted by atomic mass is 10.1. The number of amides is 1. The molecule has 2 rings (SSSR count). The molecule has 0 bridgehead atoms. The number of hydrogen-bond donors (Lipinski definition) is 1. The quantitative estimate of drug-likeness (QED) is 0.791. The van der Waals surface area contributed by atoms with Crippen LogP contribution in [-0.2, 0) is 6.18 Å². The van der Waals surface area contributed by atoms with Gasteiger partial charge in [0, 0.05) is 0 Å². The maximum absolute atomic E-state index is 13.8. The van der Waals surface area contributed by atoms with E-state index in [0.717, 1.165) is 12.1 Å². The van der Waals surface area contributed by atoms with E-state index in [2.05, 4.69) is 5.32 Å². The summed E-state index contributed by atoms with van der Waals surface area (Å²) in [5.74, 6) is -3.99. The molecule has 2 aromatic carbocycles. The number of nitrogens with one attached hydrogen (secondary N) is 1. The van der Waals surface area contributed by atoms with Crippen LogP contribution >= 0.6 is 0 Å². The largest absolute Gasteiger partial charge is 0.491 e. The average Bonchev–Trinajstić information content (AvgIpc) is 2.58. The third-order valence-corrected chi connectivity index (χ3v) is 3.46. The van der Waals surface area contributed by atoms with Crippen molar-refractivity contribution in [3.63, 3.8) is 0 Å². The Kier molecular flexibility index (Phi) is 6.00. The van der Waals surface area contributed by atoms with Crippen molar-refractivity contribution in [2.24, 2.45) is 0 Å². The number of ether oxygens (including phenoxy) is 1. The summed E-state index contributed by atoms with van der Waals surface area (Å²) < 4.78 is 71.4. The predicted molar refractivity (Wildman–Crippen MR) is 84.9 cm³/mol. The Balaban J connectivity index is 2.06. The maximum atomic E-state index is 13.8. The van der Waals surface area contributed by atoms with Gasteiger partial charge in [0.25, 0.3) is 5.91 Å². The minimum atomic E-state index is -4.61. The zero-order chi connectivity index (χ0) is 20.2. The molecule has 9 heteroatoms. The van der Waals surface area contributed by atoms with Gasteiger partial charge in [0.15, 0.2) is 0 Å². The summed E-state index contributed by atoms with van der Waals surface area (Å²) in [5.41, 5.74) is -2.16. The molecule has 0 aliphatic heterocycles. The lowest BCUT2D eigenvalue weighted by Crippen LogP contribution is -2.37. The third kappa shape index (κ3) is 4.94. The first-order valence-electron chi connectivity index (χ1n) is 7.62. The van der Waals surface area contributed by atoms with Gasteiger partial charge in [-0.3, -0.25) is 4.79 Å². The fourth-order valence-corrected chi connectivity index (χ4v) is 2.23. The van der Waals surface area contributed by atoms with Crippen LogP contribution in [0.5, 0.6) is 5.75 Å². The fourth-order valence-electron chi connectivity index (χ4n) is 2.23. The smallest absolute Gasteiger partial charge is 0.419 e. The molecule has 142 valence electrons. The third-order valence-electron chi connectivity index (χ3n) is 3.46. The minimum Gasteiger partial charge on any atom is -0.491 e. The van der Waals surface area contributed by atoms with Crippen molar-refractivity contribution < 1.29 is 31.5 Å². The molecule has 0 fully saturated rings. The molecular weight excluding hydrogens is 371 g/mol. The average molecular weight is 384 g/mol. The Morgan fingerprint density at radius 3 is 2.37 bits per heavy atom. The monoisotopic (exact) mass is 384 g/mol. The summed E-state index contributed by atoms with van der Waals surface area (Å²) in [6.45, 7) is 1.03. The summed E-state index contributed by atoms with van der Waals surface area (Å²) in [6.07, 6.45) is -4.61. The van der Waals surface area contributed by atoms with E-state index in [-0.39, 0.29) is 12.2 Å². The molecule has 1 amide bonds. The van der Waals surface area contributed by atoms with Gasteiger partial charge in [-0.2, -0.15) is 18.4 Å². The van der Waals surface area contributed by atoms with Crippen LogP contribution in [0.1, 0.15) is 28.4 Å². The topological polar surface area (TPSA) is 62.1 Å². The van der Waals surface area contributed by atoms with Crippen molar-refractivity contribution in [3.05, 3.63) is 64.7 Å². The van der Waals surface area contributed by atoms with E-state index in [4.69, 9.17) is 10.00 Å². The van der Waals surface area contributed by atoms with Crippen LogP contribution in [-0.4, -0.2) is 18.6 Å². The number of benzene rings is 2. The summed E-state index contributed by atoms with van der Waals surface area (Å²) in [7, 11) is 0. The molecule has 27 heavy (non-hydrogen) atoms. The lowest BCUT2D eigenvalue weighted by molar-refractivity contribution is -0.139. The molecule has 1 unspecified atom stereocenters. The highest BCUT2D eigenvalue weighted by atomic mass is 19.4. The van der Waals surface area contributed by atoms with Crippen LogP contribution in [0.15, 0.2) is 36.4 Å². The number of alkyl halides is 3. The van der Waals surface area contributed by atoms with Crippen molar-refractivity contribution in [2.75, 3.05) is 6.61 Å². The molecule has 2 aromatic rings. The zero-order valence-corrected chi connectivity index (χ0v) is 13.9. The van der Waals surface area contributed by atoms with Crippen LogP contribution in [0.4, 0.5) is 22.0 Å². The number of para-hydroxylation sites is 1. The summed E-state index contributed by atoms with van der Waals surface area (Å²) in [6, 6.07) is 6.64. The van der Waals surface area contributed by atoms with E-state index in [9.17, 15) is 26.7 Å². The molecule has 0 aliphatic rings. The molecule has 0 saturated heterocycles. The highest BCUT2D eigenvalue weighted by Gasteiger charge is 2.34. The molecule has 0 aromatic heterocycles. The van der Waals surface area contributed by atoms with E-state index in [1.165, 1.54) is 19.1 Å². The van der Waals surface area contributed by atoms with Gasteiger partial charge in [0.05, 0.1) is 23.2 Å². The molecule has 4 nitrogen and oxygen atoms in total. The Hall–Kier alpha value is -3.15. The second-order valence-corrected chi connectivity index (χ2v) is 5.61. The van der Waals surface area contributed by atoms with Crippen molar-refractivity contribution in [1.82, 2.24) is 5.32 Å². The van der Waals surface area contributed by atoms with Gasteiger partial charge in [-0.25, -0.2) is 8.78 Å². The molecule has 0 spiro atoms. The minimum absolute atomic E-state index is 0.290. The predicted octanol–water partition coefficient (Wildman–Crippen LogP) is 4.05. The number of hydrogen-bond acceptors (Lipinski definition) is 3. The van der Waals surface area contributed by atoms with Crippen molar-refractivity contribution in [2.45, 2.75) is 19.1 Å². The highest BCUT2D eigenvalue weighted by Crippen LogP contribution is 2.35. The lowest BCUT2D eigenvalue weighted by Gasteiger charge is -2.18. The van der Waals surface area contributed by atoms with Crippen molar-refractivity contribution >= 4 is 5.91 Å². The highest BCUT2D eigenvalue weighted by molar-refractivity contribution is 5.95. The fraction of sp³-hybridized carbons (Fsp3) is 0.222. The van der Waals surface area contributed by atoms with Gasteiger partial charge in [0.2, 0.25) is 0 Å². The van der Waals surface area contributed by atoms with Gasteiger partial charge in [0.1, 0.15) is 29.6 Å². The summed E-state index contributed by atoms with van der Waals surface area (Å²) >= 11 is 0. The molecule has 0 heterocycles. The molecule has 1 N–H and O–H groups in total. The van der Waals surface area contributed by atoms with Crippen LogP contribution in [0.3, 0.4) is 0 Å². The number of nitrogens with zero attached hydrogens (tertiary/aromatic N) is 1. The Morgan fingerprint density at radius 2 is 1.81 bits per heavy atom. The normalized spacial score (nSPS) is 12.2. The Bertz CT molecular complexity index is 867. The first-order chi connectivity index (χ1) is 12.6. The number of carbonyl (C=O) groups is 1. The van der Waals surface area contributed by atoms with E-state index in [1.807, 2.05) is 0 Å². The second kappa shape index (κ2) is 8.03. The number of carbonyl (C=O) groups excluding carboxylic acids is 1. The van der Waals surface area contributed by atoms with Crippen molar-refractivity contribution in [1.29, 1.82) is 5.26 Å². The van der Waals surface area contributed by atoms with Gasteiger partial charge in [-0.1, -0.05) is 12.1 Å². The zero-order valence-electron chi connectivity index (χ0n) is 13.9. The molecule has 0 aliphatic carbocycles. The van der Waals surface area contributed by atoms with Gasteiger partial charge in [-0.05, 0) is 31.2 Å². The van der Waals surface area contributed by atoms with Gasteiger partial charge < -0.3 is 10.1 Å². The summed E-state index contributed by atoms with van der Waals surface area (Å²) in [5, 5.41) is 10.9. The SMILES string of the molecule is CC(COc1ccccc1C(F)(F)F)NC(=O)c1c(F)cc(C#N)cc1F. The number of nitriles is 1. The first-order valence-corrected chi connectivity index (χ1v) is 7.62. The standard InChI is InChI=1S/C18H13F5N2O2/c1-10(9-27-15-5-3-2-4-12(15)18(21,22)23)25-17(26)16-13(19)6-11(8-24)7-14(16)20/h2-7,10H,9H2,1H3,(H,25,26). The van der Waals surface area contributed by atoms with Crippen LogP contribution in [0, 0.1) is 23.0 Å². The first kappa shape index (κ1) is 20.2. The van der Waals surface area contributed by atoms with Crippen molar-refractivity contribution in [3.8, 4) is 11.8 Å². The molecule has 0 saturated carbocycles. The van der Waals surface area contributed by atoms with E-state index >= 15 is 0 Å². The summed E-state index contributed by atoms with van der Waals surface area (Å²) in [4.78, 5) is 12.0. The Morgan fingerprint density at radius 1 is 1.22 bits per heavy atom. The maximum Gasteiger partial charge on any atom is 0.419 e. The van der Waals surface area contributed by atoms with Gasteiger partial charge >= 0.3 is 6.18 Å². The van der Waals surface area contributed by atoms with E-state index < -0.39 is 46.6 Å². The van der Waals surface area contributed by atoms with Crippen LogP contribution in [0.2, 0.25) is 0 Å². The van der Waals surface area contributed by atoms with E-state index in [1.54, 1.807) is 6.07 Å². The van der Waals surface area contributed by atoms with E-state index in [0.29, 0.717) is 12.1 Å². The van der Waals surface area contributed by atoms with Crippen LogP contribution < -0.4 is 10.1 Å². The van der Waals surface area contributed by atoms with Crippen LogP contribution in [0.25, 0.3) is 0 Å². The molecular formula is C18H13F5N2O2. The molecule has 1 atom stereocenters.